The number of guanidine groups is 1. The standard InChI is InChI=1S/C12H23N7O5/c13-6(2-1-3-17-12(15)16)11(24)18-5-8(20)19-7(10(14)23)4-9(21)22/h6-7H,1-5,13H2,(H2,14,23)(H,18,24)(H,19,20)(H,21,22)(H4,15,16,17). The van der Waals surface area contributed by atoms with E-state index in [2.05, 4.69) is 16.0 Å². The summed E-state index contributed by atoms with van der Waals surface area (Å²) in [6, 6.07) is -2.23. The number of primary amides is 1. The summed E-state index contributed by atoms with van der Waals surface area (Å²) in [5.41, 5.74) is 15.7. The first-order valence-corrected chi connectivity index (χ1v) is 7.05. The van der Waals surface area contributed by atoms with Crippen molar-refractivity contribution in [3.63, 3.8) is 0 Å². The summed E-state index contributed by atoms with van der Waals surface area (Å²) in [5.74, 6) is -3.83. The van der Waals surface area contributed by atoms with Gasteiger partial charge in [-0.05, 0) is 12.8 Å². The Labute approximate surface area is 138 Å². The molecule has 136 valence electrons. The summed E-state index contributed by atoms with van der Waals surface area (Å²) in [7, 11) is 0. The number of nitrogens with one attached hydrogen (secondary N) is 4. The lowest BCUT2D eigenvalue weighted by molar-refractivity contribution is -0.140. The molecule has 0 aliphatic carbocycles. The predicted octanol–water partition coefficient (Wildman–Crippen LogP) is -3.86. The summed E-state index contributed by atoms with van der Waals surface area (Å²) < 4.78 is 0. The first kappa shape index (κ1) is 21.1. The van der Waals surface area contributed by atoms with Crippen LogP contribution in [0.3, 0.4) is 0 Å². The van der Waals surface area contributed by atoms with Crippen molar-refractivity contribution in [1.82, 2.24) is 16.0 Å². The lowest BCUT2D eigenvalue weighted by atomic mass is 10.1. The van der Waals surface area contributed by atoms with Crippen LogP contribution in [0.1, 0.15) is 19.3 Å². The van der Waals surface area contributed by atoms with Crippen molar-refractivity contribution in [2.24, 2.45) is 17.2 Å². The van der Waals surface area contributed by atoms with Crippen LogP contribution in [0.5, 0.6) is 0 Å². The minimum Gasteiger partial charge on any atom is -0.481 e. The third-order valence-electron chi connectivity index (χ3n) is 2.82. The first-order chi connectivity index (χ1) is 11.1. The van der Waals surface area contributed by atoms with Crippen molar-refractivity contribution >= 4 is 29.7 Å². The van der Waals surface area contributed by atoms with Crippen LogP contribution in [-0.4, -0.2) is 59.9 Å². The summed E-state index contributed by atoms with van der Waals surface area (Å²) in [6.45, 7) is -0.0894. The van der Waals surface area contributed by atoms with Crippen molar-refractivity contribution in [1.29, 1.82) is 5.41 Å². The molecule has 0 rings (SSSR count). The van der Waals surface area contributed by atoms with Crippen LogP contribution in [-0.2, 0) is 19.2 Å². The maximum atomic E-state index is 11.7. The number of carboxylic acid groups (broad SMARTS) is 1. The molecule has 2 atom stereocenters. The van der Waals surface area contributed by atoms with Gasteiger partial charge in [-0.15, -0.1) is 0 Å². The Morgan fingerprint density at radius 2 is 1.75 bits per heavy atom. The molecule has 11 N–H and O–H groups in total. The van der Waals surface area contributed by atoms with Crippen molar-refractivity contribution in [2.45, 2.75) is 31.3 Å². The van der Waals surface area contributed by atoms with E-state index in [9.17, 15) is 19.2 Å². The number of amides is 3. The number of carbonyl (C=O) groups is 4. The molecule has 0 spiro atoms. The number of aliphatic carboxylic acids is 1. The fourth-order valence-corrected chi connectivity index (χ4v) is 1.62. The van der Waals surface area contributed by atoms with Crippen molar-refractivity contribution < 1.29 is 24.3 Å². The van der Waals surface area contributed by atoms with E-state index < -0.39 is 48.7 Å². The van der Waals surface area contributed by atoms with E-state index in [1.165, 1.54) is 0 Å². The Morgan fingerprint density at radius 1 is 1.12 bits per heavy atom. The number of hydrogen-bond acceptors (Lipinski definition) is 6. The summed E-state index contributed by atoms with van der Waals surface area (Å²) >= 11 is 0. The molecular formula is C12H23N7O5. The third-order valence-corrected chi connectivity index (χ3v) is 2.82. The van der Waals surface area contributed by atoms with E-state index >= 15 is 0 Å². The number of carbonyl (C=O) groups excluding carboxylic acids is 3. The van der Waals surface area contributed by atoms with Gasteiger partial charge in [-0.2, -0.15) is 0 Å². The molecule has 0 aromatic carbocycles. The Bertz CT molecular complexity index is 496. The average molecular weight is 345 g/mol. The zero-order valence-electron chi connectivity index (χ0n) is 13.0. The molecule has 24 heavy (non-hydrogen) atoms. The second-order valence-corrected chi connectivity index (χ2v) is 4.93. The molecule has 0 radical (unpaired) electrons. The number of carboxylic acids is 1. The zero-order chi connectivity index (χ0) is 18.7. The second-order valence-electron chi connectivity index (χ2n) is 4.93. The van der Waals surface area contributed by atoms with Gasteiger partial charge in [-0.25, -0.2) is 0 Å². The molecule has 12 heteroatoms. The average Bonchev–Trinajstić information content (AvgIpc) is 2.47. The maximum Gasteiger partial charge on any atom is 0.305 e. The maximum absolute atomic E-state index is 11.7. The summed E-state index contributed by atoms with van der Waals surface area (Å²) in [6.07, 6.45) is 0.136. The molecule has 0 bridgehead atoms. The quantitative estimate of drug-likeness (QED) is 0.105. The van der Waals surface area contributed by atoms with Gasteiger partial charge in [-0.3, -0.25) is 24.6 Å². The monoisotopic (exact) mass is 345 g/mol. The zero-order valence-corrected chi connectivity index (χ0v) is 13.0. The van der Waals surface area contributed by atoms with Gasteiger partial charge in [0.05, 0.1) is 19.0 Å². The first-order valence-electron chi connectivity index (χ1n) is 7.05. The Kier molecular flexibility index (Phi) is 9.48. The molecule has 0 saturated carbocycles. The highest BCUT2D eigenvalue weighted by molar-refractivity contribution is 5.92. The number of hydrogen-bond donors (Lipinski definition) is 8. The fraction of sp³-hybridized carbons (Fsp3) is 0.583. The van der Waals surface area contributed by atoms with Gasteiger partial charge in [0.25, 0.3) is 0 Å². The van der Waals surface area contributed by atoms with Crippen LogP contribution in [0.4, 0.5) is 0 Å². The van der Waals surface area contributed by atoms with E-state index in [0.29, 0.717) is 19.4 Å². The van der Waals surface area contributed by atoms with Gasteiger partial charge < -0.3 is 38.3 Å². The smallest absolute Gasteiger partial charge is 0.305 e. The molecular weight excluding hydrogens is 322 g/mol. The van der Waals surface area contributed by atoms with E-state index in [1.807, 2.05) is 0 Å². The van der Waals surface area contributed by atoms with Crippen LogP contribution in [0.2, 0.25) is 0 Å². The molecule has 0 fully saturated rings. The fourth-order valence-electron chi connectivity index (χ4n) is 1.62. The van der Waals surface area contributed by atoms with Crippen LogP contribution in [0, 0.1) is 5.41 Å². The highest BCUT2D eigenvalue weighted by atomic mass is 16.4. The minimum absolute atomic E-state index is 0.185. The van der Waals surface area contributed by atoms with E-state index in [0.717, 1.165) is 0 Å². The van der Waals surface area contributed by atoms with Crippen LogP contribution < -0.4 is 33.2 Å². The predicted molar refractivity (Wildman–Crippen MR) is 83.5 cm³/mol. The Morgan fingerprint density at radius 3 is 2.25 bits per heavy atom. The summed E-state index contributed by atoms with van der Waals surface area (Å²) in [5, 5.41) is 22.5. The topological polar surface area (TPSA) is 227 Å². The van der Waals surface area contributed by atoms with Crippen molar-refractivity contribution in [3.05, 3.63) is 0 Å². The molecule has 0 aromatic heterocycles. The molecule has 0 aliphatic heterocycles. The van der Waals surface area contributed by atoms with E-state index in [1.54, 1.807) is 0 Å². The van der Waals surface area contributed by atoms with Gasteiger partial charge in [0.15, 0.2) is 5.96 Å². The molecule has 0 saturated heterocycles. The van der Waals surface area contributed by atoms with Gasteiger partial charge in [0, 0.05) is 6.54 Å². The lowest BCUT2D eigenvalue weighted by Crippen LogP contribution is -2.50. The largest absolute Gasteiger partial charge is 0.481 e. The second kappa shape index (κ2) is 10.8. The highest BCUT2D eigenvalue weighted by Crippen LogP contribution is 1.94. The number of rotatable bonds is 11. The van der Waals surface area contributed by atoms with Crippen molar-refractivity contribution in [2.75, 3.05) is 13.1 Å². The van der Waals surface area contributed by atoms with Crippen LogP contribution in [0.15, 0.2) is 0 Å². The van der Waals surface area contributed by atoms with Gasteiger partial charge in [-0.1, -0.05) is 0 Å². The highest BCUT2D eigenvalue weighted by Gasteiger charge is 2.22. The van der Waals surface area contributed by atoms with E-state index in [-0.39, 0.29) is 5.96 Å². The van der Waals surface area contributed by atoms with Gasteiger partial charge >= 0.3 is 5.97 Å². The van der Waals surface area contributed by atoms with Crippen molar-refractivity contribution in [3.8, 4) is 0 Å². The van der Waals surface area contributed by atoms with Gasteiger partial charge in [0.2, 0.25) is 17.7 Å². The molecule has 12 nitrogen and oxygen atoms in total. The van der Waals surface area contributed by atoms with E-state index in [4.69, 9.17) is 27.7 Å². The SMILES string of the molecule is N=C(N)NCCCC(N)C(=O)NCC(=O)NC(CC(=O)O)C(N)=O. The molecule has 2 unspecified atom stereocenters. The summed E-state index contributed by atoms with van der Waals surface area (Å²) in [4.78, 5) is 44.8. The molecule has 0 aromatic rings. The normalized spacial score (nSPS) is 12.5. The Hall–Kier alpha value is -2.89. The Balaban J connectivity index is 4.14. The van der Waals surface area contributed by atoms with Crippen LogP contribution in [0.25, 0.3) is 0 Å². The van der Waals surface area contributed by atoms with Gasteiger partial charge in [0.1, 0.15) is 6.04 Å². The minimum atomic E-state index is -1.36. The lowest BCUT2D eigenvalue weighted by Gasteiger charge is -2.15. The molecule has 0 aliphatic rings. The molecule has 0 heterocycles. The van der Waals surface area contributed by atoms with Crippen LogP contribution >= 0.6 is 0 Å². The number of nitrogens with two attached hydrogens (primary N) is 3. The third kappa shape index (κ3) is 9.94. The molecule has 3 amide bonds.